The summed E-state index contributed by atoms with van der Waals surface area (Å²) >= 11 is 0. The van der Waals surface area contributed by atoms with Crippen LogP contribution in [0.4, 0.5) is 0 Å². The van der Waals surface area contributed by atoms with Gasteiger partial charge in [0.25, 0.3) is 0 Å². The fourth-order valence-electron chi connectivity index (χ4n) is 3.59. The number of aromatic nitrogens is 2. The molecule has 1 aromatic heterocycles. The molecule has 2 aliphatic rings. The van der Waals surface area contributed by atoms with Crippen molar-refractivity contribution in [3.8, 4) is 0 Å². The molecule has 0 N–H and O–H groups in total. The van der Waals surface area contributed by atoms with Crippen molar-refractivity contribution in [2.45, 2.75) is 38.1 Å². The number of aryl methyl sites for hydroxylation is 2. The van der Waals surface area contributed by atoms with Gasteiger partial charge in [-0.25, -0.2) is 0 Å². The lowest BCUT2D eigenvalue weighted by atomic mass is 9.80. The van der Waals surface area contributed by atoms with E-state index in [-0.39, 0.29) is 24.8 Å². The monoisotopic (exact) mass is 297 g/mol. The molecule has 0 saturated carbocycles. The second kappa shape index (κ2) is 4.50. The standard InChI is InChI=1S/C16H15N3O3/c1-10-17-13(22-18-10)9-19-14(20)8-16(15(19)21)7-6-11-4-2-3-5-12(11)16/h2-5H,6-9H2,1H3/t16-/m0/s1. The summed E-state index contributed by atoms with van der Waals surface area (Å²) in [6, 6.07) is 7.89. The van der Waals surface area contributed by atoms with E-state index in [1.165, 1.54) is 10.5 Å². The number of rotatable bonds is 2. The van der Waals surface area contributed by atoms with Crippen molar-refractivity contribution >= 4 is 11.8 Å². The largest absolute Gasteiger partial charge is 0.337 e. The second-order valence-electron chi connectivity index (χ2n) is 5.94. The van der Waals surface area contributed by atoms with Crippen molar-refractivity contribution in [3.05, 3.63) is 47.1 Å². The highest BCUT2D eigenvalue weighted by Crippen LogP contribution is 2.46. The zero-order chi connectivity index (χ0) is 15.3. The number of benzene rings is 1. The Morgan fingerprint density at radius 1 is 1.32 bits per heavy atom. The number of carbonyl (C=O) groups is 2. The van der Waals surface area contributed by atoms with E-state index in [2.05, 4.69) is 10.1 Å². The summed E-state index contributed by atoms with van der Waals surface area (Å²) in [5.74, 6) is 0.480. The van der Waals surface area contributed by atoms with Crippen LogP contribution >= 0.6 is 0 Å². The van der Waals surface area contributed by atoms with Gasteiger partial charge in [-0.05, 0) is 30.9 Å². The van der Waals surface area contributed by atoms with Gasteiger partial charge < -0.3 is 4.52 Å². The Bertz CT molecular complexity index is 782. The summed E-state index contributed by atoms with van der Waals surface area (Å²) < 4.78 is 5.04. The molecule has 1 saturated heterocycles. The maximum absolute atomic E-state index is 12.9. The summed E-state index contributed by atoms with van der Waals surface area (Å²) in [5, 5.41) is 3.70. The highest BCUT2D eigenvalue weighted by atomic mass is 16.5. The predicted molar refractivity (Wildman–Crippen MR) is 75.7 cm³/mol. The molecule has 1 aromatic carbocycles. The first-order valence-electron chi connectivity index (χ1n) is 7.32. The van der Waals surface area contributed by atoms with E-state index in [1.807, 2.05) is 24.3 Å². The summed E-state index contributed by atoms with van der Waals surface area (Å²) in [7, 11) is 0. The molecule has 1 spiro atoms. The Morgan fingerprint density at radius 3 is 2.91 bits per heavy atom. The zero-order valence-corrected chi connectivity index (χ0v) is 12.2. The first kappa shape index (κ1) is 13.2. The van der Waals surface area contributed by atoms with E-state index < -0.39 is 5.41 Å². The molecule has 2 aromatic rings. The normalized spacial score (nSPS) is 23.6. The Morgan fingerprint density at radius 2 is 2.14 bits per heavy atom. The molecular formula is C16H15N3O3. The molecule has 1 aliphatic heterocycles. The number of hydrogen-bond donors (Lipinski definition) is 0. The minimum atomic E-state index is -0.692. The number of amides is 2. The van der Waals surface area contributed by atoms with Crippen molar-refractivity contribution in [2.24, 2.45) is 0 Å². The van der Waals surface area contributed by atoms with Gasteiger partial charge >= 0.3 is 0 Å². The van der Waals surface area contributed by atoms with Gasteiger partial charge in [-0.2, -0.15) is 4.98 Å². The van der Waals surface area contributed by atoms with Crippen molar-refractivity contribution < 1.29 is 14.1 Å². The maximum Gasteiger partial charge on any atom is 0.246 e. The summed E-state index contributed by atoms with van der Waals surface area (Å²) in [6.07, 6.45) is 1.76. The average Bonchev–Trinajstić information content (AvgIpc) is 3.15. The number of carbonyl (C=O) groups excluding carboxylic acids is 2. The molecule has 2 amide bonds. The minimum Gasteiger partial charge on any atom is -0.337 e. The van der Waals surface area contributed by atoms with Crippen LogP contribution in [-0.2, 0) is 28.0 Å². The van der Waals surface area contributed by atoms with Gasteiger partial charge in [-0.3, -0.25) is 14.5 Å². The molecule has 4 rings (SSSR count). The van der Waals surface area contributed by atoms with Crippen LogP contribution in [0.1, 0.15) is 35.7 Å². The molecular weight excluding hydrogens is 282 g/mol. The highest BCUT2D eigenvalue weighted by molar-refractivity contribution is 6.09. The van der Waals surface area contributed by atoms with E-state index in [0.717, 1.165) is 12.0 Å². The van der Waals surface area contributed by atoms with Crippen molar-refractivity contribution in [2.75, 3.05) is 0 Å². The first-order chi connectivity index (χ1) is 10.6. The van der Waals surface area contributed by atoms with Crippen molar-refractivity contribution in [3.63, 3.8) is 0 Å². The molecule has 1 aliphatic carbocycles. The lowest BCUT2D eigenvalue weighted by molar-refractivity contribution is -0.141. The van der Waals surface area contributed by atoms with Gasteiger partial charge in [0.1, 0.15) is 6.54 Å². The van der Waals surface area contributed by atoms with Gasteiger partial charge in [0.2, 0.25) is 17.7 Å². The topological polar surface area (TPSA) is 76.3 Å². The van der Waals surface area contributed by atoms with E-state index >= 15 is 0 Å². The third kappa shape index (κ3) is 1.73. The Hall–Kier alpha value is -2.50. The number of fused-ring (bicyclic) bond motifs is 2. The van der Waals surface area contributed by atoms with E-state index in [1.54, 1.807) is 6.92 Å². The first-order valence-corrected chi connectivity index (χ1v) is 7.32. The molecule has 0 radical (unpaired) electrons. The minimum absolute atomic E-state index is 0.0580. The lowest BCUT2D eigenvalue weighted by Crippen LogP contribution is -2.36. The van der Waals surface area contributed by atoms with Crippen LogP contribution in [0, 0.1) is 6.92 Å². The summed E-state index contributed by atoms with van der Waals surface area (Å²) in [4.78, 5) is 30.6. The van der Waals surface area contributed by atoms with Gasteiger partial charge in [0.05, 0.1) is 5.41 Å². The van der Waals surface area contributed by atoms with Crippen LogP contribution in [0.25, 0.3) is 0 Å². The number of hydrogen-bond acceptors (Lipinski definition) is 5. The van der Waals surface area contributed by atoms with E-state index in [0.29, 0.717) is 18.1 Å². The highest BCUT2D eigenvalue weighted by Gasteiger charge is 2.55. The second-order valence-corrected chi connectivity index (χ2v) is 5.94. The maximum atomic E-state index is 12.9. The number of imide groups is 1. The molecule has 1 fully saturated rings. The number of nitrogens with zero attached hydrogens (tertiary/aromatic N) is 3. The Balaban J connectivity index is 1.68. The molecule has 6 heteroatoms. The molecule has 0 unspecified atom stereocenters. The zero-order valence-electron chi connectivity index (χ0n) is 12.2. The van der Waals surface area contributed by atoms with Gasteiger partial charge in [-0.15, -0.1) is 0 Å². The molecule has 112 valence electrons. The predicted octanol–water partition coefficient (Wildman–Crippen LogP) is 1.52. The van der Waals surface area contributed by atoms with Gasteiger partial charge in [-0.1, -0.05) is 29.4 Å². The smallest absolute Gasteiger partial charge is 0.246 e. The summed E-state index contributed by atoms with van der Waals surface area (Å²) in [5.41, 5.74) is 1.47. The van der Waals surface area contributed by atoms with Crippen LogP contribution in [0.2, 0.25) is 0 Å². The van der Waals surface area contributed by atoms with Crippen molar-refractivity contribution in [1.29, 1.82) is 0 Å². The fourth-order valence-corrected chi connectivity index (χ4v) is 3.59. The third-order valence-electron chi connectivity index (χ3n) is 4.63. The van der Waals surface area contributed by atoms with Gasteiger partial charge in [0, 0.05) is 6.42 Å². The van der Waals surface area contributed by atoms with E-state index in [4.69, 9.17) is 4.52 Å². The molecule has 6 nitrogen and oxygen atoms in total. The van der Waals surface area contributed by atoms with Crippen LogP contribution in [0.15, 0.2) is 28.8 Å². The average molecular weight is 297 g/mol. The fraction of sp³-hybridized carbons (Fsp3) is 0.375. The Labute approximate surface area is 127 Å². The van der Waals surface area contributed by atoms with Crippen LogP contribution in [0.5, 0.6) is 0 Å². The number of likely N-dealkylation sites (tertiary alicyclic amines) is 1. The lowest BCUT2D eigenvalue weighted by Gasteiger charge is -2.22. The summed E-state index contributed by atoms with van der Waals surface area (Å²) in [6.45, 7) is 1.76. The van der Waals surface area contributed by atoms with E-state index in [9.17, 15) is 9.59 Å². The van der Waals surface area contributed by atoms with Crippen molar-refractivity contribution in [1.82, 2.24) is 15.0 Å². The molecule has 1 atom stereocenters. The third-order valence-corrected chi connectivity index (χ3v) is 4.63. The van der Waals surface area contributed by atoms with Gasteiger partial charge in [0.15, 0.2) is 5.82 Å². The molecule has 22 heavy (non-hydrogen) atoms. The quantitative estimate of drug-likeness (QED) is 0.786. The van der Waals surface area contributed by atoms with Crippen LogP contribution < -0.4 is 0 Å². The van der Waals surface area contributed by atoms with Crippen LogP contribution in [0.3, 0.4) is 0 Å². The van der Waals surface area contributed by atoms with Crippen LogP contribution in [-0.4, -0.2) is 26.9 Å². The molecule has 0 bridgehead atoms. The molecule has 2 heterocycles. The Kier molecular flexibility index (Phi) is 2.69. The SMILES string of the molecule is Cc1noc(CN2C(=O)C[C@]3(CCc4ccccc43)C2=O)n1.